The third kappa shape index (κ3) is 3.40. The summed E-state index contributed by atoms with van der Waals surface area (Å²) in [5.74, 6) is 0.297. The van der Waals surface area contributed by atoms with Gasteiger partial charge in [-0.2, -0.15) is 0 Å². The molecule has 1 saturated heterocycles. The highest BCUT2D eigenvalue weighted by molar-refractivity contribution is 7.91. The van der Waals surface area contributed by atoms with Crippen molar-refractivity contribution in [1.82, 2.24) is 4.90 Å². The maximum absolute atomic E-state index is 12.6. The van der Waals surface area contributed by atoms with Gasteiger partial charge in [0.1, 0.15) is 0 Å². The summed E-state index contributed by atoms with van der Waals surface area (Å²) in [6.45, 7) is 0. The molecule has 0 N–H and O–H groups in total. The van der Waals surface area contributed by atoms with Crippen LogP contribution in [0.25, 0.3) is 0 Å². The monoisotopic (exact) mass is 327 g/mol. The largest absolute Gasteiger partial charge is 0.335 e. The topological polar surface area (TPSA) is 54.5 Å². The minimum absolute atomic E-state index is 0.00676. The molecule has 1 saturated carbocycles. The van der Waals surface area contributed by atoms with Crippen LogP contribution in [0.2, 0.25) is 5.02 Å². The molecule has 0 bridgehead atoms. The van der Waals surface area contributed by atoms with Crippen LogP contribution in [0.15, 0.2) is 24.3 Å². The number of hydrogen-bond donors (Lipinski definition) is 0. The zero-order valence-corrected chi connectivity index (χ0v) is 13.2. The van der Waals surface area contributed by atoms with Crippen LogP contribution >= 0.6 is 11.6 Å². The molecule has 0 spiro atoms. The molecule has 1 heterocycles. The van der Waals surface area contributed by atoms with Crippen LogP contribution in [-0.4, -0.2) is 42.8 Å². The Hall–Kier alpha value is -1.07. The number of hydrogen-bond acceptors (Lipinski definition) is 3. The van der Waals surface area contributed by atoms with E-state index in [0.29, 0.717) is 11.4 Å². The van der Waals surface area contributed by atoms with Gasteiger partial charge in [0, 0.05) is 17.1 Å². The summed E-state index contributed by atoms with van der Waals surface area (Å²) in [6, 6.07) is 7.37. The first kappa shape index (κ1) is 14.9. The van der Waals surface area contributed by atoms with Crippen LogP contribution in [0.4, 0.5) is 0 Å². The number of carbonyl (C=O) groups excluding carboxylic acids is 1. The van der Waals surface area contributed by atoms with Gasteiger partial charge in [0.05, 0.1) is 17.9 Å². The van der Waals surface area contributed by atoms with Gasteiger partial charge in [0.2, 0.25) is 5.91 Å². The molecule has 1 unspecified atom stereocenters. The number of benzene rings is 1. The van der Waals surface area contributed by atoms with Crippen molar-refractivity contribution in [3.05, 3.63) is 34.9 Å². The van der Waals surface area contributed by atoms with Gasteiger partial charge in [-0.3, -0.25) is 4.79 Å². The number of halogens is 1. The van der Waals surface area contributed by atoms with Crippen molar-refractivity contribution >= 4 is 27.3 Å². The van der Waals surface area contributed by atoms with E-state index in [1.807, 2.05) is 23.1 Å². The van der Waals surface area contributed by atoms with E-state index in [-0.39, 0.29) is 35.9 Å². The number of carbonyl (C=O) groups is 1. The molecule has 1 aliphatic heterocycles. The molecule has 6 heteroatoms. The Morgan fingerprint density at radius 2 is 1.90 bits per heavy atom. The van der Waals surface area contributed by atoms with Gasteiger partial charge >= 0.3 is 0 Å². The zero-order chi connectivity index (χ0) is 15.0. The minimum atomic E-state index is -2.98. The maximum Gasteiger partial charge on any atom is 0.227 e. The molecule has 3 rings (SSSR count). The fourth-order valence-electron chi connectivity index (χ4n) is 2.95. The van der Waals surface area contributed by atoms with Gasteiger partial charge in [-0.05, 0) is 30.9 Å². The first-order chi connectivity index (χ1) is 9.96. The molecule has 4 nitrogen and oxygen atoms in total. The molecule has 2 fully saturated rings. The molecular formula is C15H18ClNO3S. The quantitative estimate of drug-likeness (QED) is 0.850. The van der Waals surface area contributed by atoms with Crippen LogP contribution in [0.5, 0.6) is 0 Å². The highest BCUT2D eigenvalue weighted by Crippen LogP contribution is 2.33. The highest BCUT2D eigenvalue weighted by atomic mass is 35.5. The van der Waals surface area contributed by atoms with E-state index < -0.39 is 9.84 Å². The van der Waals surface area contributed by atoms with Crippen molar-refractivity contribution in [3.63, 3.8) is 0 Å². The lowest BCUT2D eigenvalue weighted by Crippen LogP contribution is -2.43. The summed E-state index contributed by atoms with van der Waals surface area (Å²) in [5, 5.41) is 0.584. The second-order valence-electron chi connectivity index (χ2n) is 5.86. The van der Waals surface area contributed by atoms with Crippen molar-refractivity contribution < 1.29 is 13.2 Å². The summed E-state index contributed by atoms with van der Waals surface area (Å²) in [7, 11) is -2.98. The van der Waals surface area contributed by atoms with Crippen LogP contribution in [0, 0.1) is 0 Å². The Bertz CT molecular complexity index is 655. The van der Waals surface area contributed by atoms with E-state index in [2.05, 4.69) is 0 Å². The number of sulfone groups is 1. The predicted octanol–water partition coefficient (Wildman–Crippen LogP) is 2.06. The van der Waals surface area contributed by atoms with E-state index in [0.717, 1.165) is 18.4 Å². The third-order valence-electron chi connectivity index (χ3n) is 4.13. The van der Waals surface area contributed by atoms with Crippen LogP contribution in [0.1, 0.15) is 24.8 Å². The smallest absolute Gasteiger partial charge is 0.227 e. The molecule has 1 amide bonds. The Morgan fingerprint density at radius 3 is 2.48 bits per heavy atom. The second kappa shape index (κ2) is 5.61. The van der Waals surface area contributed by atoms with E-state index >= 15 is 0 Å². The van der Waals surface area contributed by atoms with Gasteiger partial charge in [0.25, 0.3) is 0 Å². The summed E-state index contributed by atoms with van der Waals surface area (Å²) in [4.78, 5) is 14.4. The molecular weight excluding hydrogens is 310 g/mol. The average Bonchev–Trinajstić information content (AvgIpc) is 3.17. The van der Waals surface area contributed by atoms with Gasteiger partial charge < -0.3 is 4.90 Å². The van der Waals surface area contributed by atoms with E-state index in [1.165, 1.54) is 0 Å². The summed E-state index contributed by atoms with van der Waals surface area (Å²) in [5.41, 5.74) is 0.802. The van der Waals surface area contributed by atoms with Crippen molar-refractivity contribution in [2.75, 3.05) is 11.5 Å². The SMILES string of the molecule is O=C(Cc1ccccc1Cl)N(C1CC1)C1CCS(=O)(=O)C1. The molecule has 1 atom stereocenters. The minimum Gasteiger partial charge on any atom is -0.335 e. The van der Waals surface area contributed by atoms with Crippen molar-refractivity contribution in [1.29, 1.82) is 0 Å². The standard InChI is InChI=1S/C15H18ClNO3S/c16-14-4-2-1-3-11(14)9-15(18)17(12-5-6-12)13-7-8-21(19,20)10-13/h1-4,12-13H,5-10H2. The first-order valence-electron chi connectivity index (χ1n) is 7.21. The number of nitrogens with zero attached hydrogens (tertiary/aromatic N) is 1. The van der Waals surface area contributed by atoms with Crippen molar-refractivity contribution in [2.45, 2.75) is 37.8 Å². The molecule has 1 aromatic carbocycles. The van der Waals surface area contributed by atoms with E-state index in [9.17, 15) is 13.2 Å². The molecule has 1 aromatic rings. The fraction of sp³-hybridized carbons (Fsp3) is 0.533. The van der Waals surface area contributed by atoms with Crippen LogP contribution in [-0.2, 0) is 21.1 Å². The van der Waals surface area contributed by atoms with E-state index in [1.54, 1.807) is 6.07 Å². The summed E-state index contributed by atoms with van der Waals surface area (Å²) < 4.78 is 23.3. The lowest BCUT2D eigenvalue weighted by Gasteiger charge is -2.28. The average molecular weight is 328 g/mol. The van der Waals surface area contributed by atoms with Gasteiger partial charge in [0.15, 0.2) is 9.84 Å². The first-order valence-corrected chi connectivity index (χ1v) is 9.41. The summed E-state index contributed by atoms with van der Waals surface area (Å²) in [6.07, 6.45) is 2.76. The van der Waals surface area contributed by atoms with Crippen molar-refractivity contribution in [3.8, 4) is 0 Å². The Balaban J connectivity index is 1.76. The van der Waals surface area contributed by atoms with Crippen LogP contribution < -0.4 is 0 Å². The van der Waals surface area contributed by atoms with Gasteiger partial charge in [-0.15, -0.1) is 0 Å². The third-order valence-corrected chi connectivity index (χ3v) is 6.25. The Kier molecular flexibility index (Phi) is 3.97. The van der Waals surface area contributed by atoms with Crippen LogP contribution in [0.3, 0.4) is 0 Å². The van der Waals surface area contributed by atoms with E-state index in [4.69, 9.17) is 11.6 Å². The van der Waals surface area contributed by atoms with Gasteiger partial charge in [-0.25, -0.2) is 8.42 Å². The number of rotatable bonds is 4. The predicted molar refractivity (Wildman–Crippen MR) is 82.1 cm³/mol. The van der Waals surface area contributed by atoms with Crippen molar-refractivity contribution in [2.24, 2.45) is 0 Å². The summed E-state index contributed by atoms with van der Waals surface area (Å²) >= 11 is 6.11. The molecule has 114 valence electrons. The molecule has 0 aromatic heterocycles. The fourth-order valence-corrected chi connectivity index (χ4v) is 4.86. The zero-order valence-electron chi connectivity index (χ0n) is 11.7. The maximum atomic E-state index is 12.6. The molecule has 1 aliphatic carbocycles. The lowest BCUT2D eigenvalue weighted by molar-refractivity contribution is -0.133. The Morgan fingerprint density at radius 1 is 1.19 bits per heavy atom. The molecule has 0 radical (unpaired) electrons. The molecule has 2 aliphatic rings. The lowest BCUT2D eigenvalue weighted by atomic mass is 10.1. The second-order valence-corrected chi connectivity index (χ2v) is 8.49. The Labute approximate surface area is 130 Å². The van der Waals surface area contributed by atoms with Gasteiger partial charge in [-0.1, -0.05) is 29.8 Å². The highest BCUT2D eigenvalue weighted by Gasteiger charge is 2.41. The normalized spacial score (nSPS) is 24.0. The molecule has 21 heavy (non-hydrogen) atoms. The number of amides is 1.